The number of benzene rings is 2. The highest BCUT2D eigenvalue weighted by Gasteiger charge is 2.06. The van der Waals surface area contributed by atoms with Gasteiger partial charge in [-0.1, -0.05) is 35.3 Å². The predicted octanol–water partition coefficient (Wildman–Crippen LogP) is 4.54. The molecule has 21 heavy (non-hydrogen) atoms. The van der Waals surface area contributed by atoms with E-state index < -0.39 is 0 Å². The molecule has 0 radical (unpaired) electrons. The number of anilines is 2. The Bertz CT molecular complexity index is 694. The maximum Gasteiger partial charge on any atom is 0.248 e. The van der Waals surface area contributed by atoms with Crippen LogP contribution in [0, 0.1) is 6.92 Å². The van der Waals surface area contributed by atoms with Crippen LogP contribution in [-0.2, 0) is 4.79 Å². The molecule has 1 amide bonds. The average molecular weight is 321 g/mol. The maximum absolute atomic E-state index is 11.9. The molecule has 0 heterocycles. The Morgan fingerprint density at radius 2 is 1.81 bits per heavy atom. The fourth-order valence-corrected chi connectivity index (χ4v) is 2.12. The Kier molecular flexibility index (Phi) is 4.89. The van der Waals surface area contributed by atoms with Crippen molar-refractivity contribution >= 4 is 46.6 Å². The van der Waals surface area contributed by atoms with Crippen molar-refractivity contribution in [2.75, 3.05) is 11.1 Å². The first-order valence-electron chi connectivity index (χ1n) is 6.26. The van der Waals surface area contributed by atoms with E-state index in [-0.39, 0.29) is 5.91 Å². The largest absolute Gasteiger partial charge is 0.399 e. The van der Waals surface area contributed by atoms with Crippen LogP contribution in [0.3, 0.4) is 0 Å². The first-order valence-corrected chi connectivity index (χ1v) is 7.01. The number of nitrogen functional groups attached to an aromatic ring is 1. The van der Waals surface area contributed by atoms with Crippen molar-refractivity contribution < 1.29 is 4.79 Å². The topological polar surface area (TPSA) is 55.1 Å². The SMILES string of the molecule is Cc1cc(Cl)c(NC(=O)/C=C/c2ccc(N)cc2)cc1Cl. The fraction of sp³-hybridized carbons (Fsp3) is 0.0625. The van der Waals surface area contributed by atoms with E-state index in [0.717, 1.165) is 11.1 Å². The smallest absolute Gasteiger partial charge is 0.248 e. The molecule has 2 aromatic carbocycles. The number of amides is 1. The second-order valence-corrected chi connectivity index (χ2v) is 5.38. The van der Waals surface area contributed by atoms with Crippen molar-refractivity contribution in [3.05, 3.63) is 63.6 Å². The van der Waals surface area contributed by atoms with E-state index in [1.165, 1.54) is 6.08 Å². The summed E-state index contributed by atoms with van der Waals surface area (Å²) in [5, 5.41) is 3.70. The molecule has 3 nitrogen and oxygen atoms in total. The molecule has 0 spiro atoms. The van der Waals surface area contributed by atoms with E-state index in [1.54, 1.807) is 30.3 Å². The zero-order valence-corrected chi connectivity index (χ0v) is 12.9. The molecule has 0 aliphatic rings. The number of aryl methyl sites for hydroxylation is 1. The van der Waals surface area contributed by atoms with Crippen LogP contribution in [0.2, 0.25) is 10.0 Å². The first kappa shape index (κ1) is 15.4. The summed E-state index contributed by atoms with van der Waals surface area (Å²) < 4.78 is 0. The lowest BCUT2D eigenvalue weighted by Gasteiger charge is -2.07. The standard InChI is InChI=1S/C16H14Cl2N2O/c1-10-8-14(18)15(9-13(10)17)20-16(21)7-4-11-2-5-12(19)6-3-11/h2-9H,19H2,1H3,(H,20,21)/b7-4+. The number of halogens is 2. The summed E-state index contributed by atoms with van der Waals surface area (Å²) in [6, 6.07) is 10.5. The van der Waals surface area contributed by atoms with Gasteiger partial charge in [0, 0.05) is 16.8 Å². The van der Waals surface area contributed by atoms with Gasteiger partial charge in [-0.2, -0.15) is 0 Å². The molecular weight excluding hydrogens is 307 g/mol. The second kappa shape index (κ2) is 6.66. The van der Waals surface area contributed by atoms with Crippen LogP contribution in [0.25, 0.3) is 6.08 Å². The molecule has 0 aliphatic carbocycles. The van der Waals surface area contributed by atoms with Gasteiger partial charge in [0.15, 0.2) is 0 Å². The highest BCUT2D eigenvalue weighted by Crippen LogP contribution is 2.28. The van der Waals surface area contributed by atoms with Gasteiger partial charge in [-0.3, -0.25) is 4.79 Å². The maximum atomic E-state index is 11.9. The molecule has 0 unspecified atom stereocenters. The Morgan fingerprint density at radius 1 is 1.14 bits per heavy atom. The van der Waals surface area contributed by atoms with Crippen molar-refractivity contribution in [3.8, 4) is 0 Å². The number of nitrogens with one attached hydrogen (secondary N) is 1. The molecule has 0 atom stereocenters. The predicted molar refractivity (Wildman–Crippen MR) is 89.7 cm³/mol. The summed E-state index contributed by atoms with van der Waals surface area (Å²) in [6.45, 7) is 1.85. The third kappa shape index (κ3) is 4.25. The molecule has 0 fully saturated rings. The van der Waals surface area contributed by atoms with E-state index in [2.05, 4.69) is 5.32 Å². The van der Waals surface area contributed by atoms with Gasteiger partial charge in [0.05, 0.1) is 10.7 Å². The minimum atomic E-state index is -0.284. The molecule has 5 heteroatoms. The summed E-state index contributed by atoms with van der Waals surface area (Å²) in [4.78, 5) is 11.9. The van der Waals surface area contributed by atoms with Crippen molar-refractivity contribution in [1.82, 2.24) is 0 Å². The van der Waals surface area contributed by atoms with Gasteiger partial charge in [0.1, 0.15) is 0 Å². The number of carbonyl (C=O) groups excluding carboxylic acids is 1. The molecule has 2 aromatic rings. The molecule has 0 saturated carbocycles. The molecule has 0 saturated heterocycles. The van der Waals surface area contributed by atoms with Crippen molar-refractivity contribution in [1.29, 1.82) is 0 Å². The average Bonchev–Trinajstić information content (AvgIpc) is 2.44. The van der Waals surface area contributed by atoms with Gasteiger partial charge in [-0.25, -0.2) is 0 Å². The van der Waals surface area contributed by atoms with Gasteiger partial charge >= 0.3 is 0 Å². The Hall–Kier alpha value is -1.97. The molecule has 0 aliphatic heterocycles. The summed E-state index contributed by atoms with van der Waals surface area (Å²) >= 11 is 12.1. The van der Waals surface area contributed by atoms with E-state index in [9.17, 15) is 4.79 Å². The van der Waals surface area contributed by atoms with Gasteiger partial charge in [-0.15, -0.1) is 0 Å². The molecule has 3 N–H and O–H groups in total. The molecule has 2 rings (SSSR count). The van der Waals surface area contributed by atoms with E-state index >= 15 is 0 Å². The van der Waals surface area contributed by atoms with Crippen LogP contribution >= 0.6 is 23.2 Å². The number of hydrogen-bond acceptors (Lipinski definition) is 2. The van der Waals surface area contributed by atoms with Crippen LogP contribution in [0.5, 0.6) is 0 Å². The quantitative estimate of drug-likeness (QED) is 0.644. The lowest BCUT2D eigenvalue weighted by Crippen LogP contribution is -2.08. The highest BCUT2D eigenvalue weighted by molar-refractivity contribution is 6.36. The van der Waals surface area contributed by atoms with Crippen LogP contribution in [0.4, 0.5) is 11.4 Å². The van der Waals surface area contributed by atoms with Gasteiger partial charge in [0.25, 0.3) is 0 Å². The van der Waals surface area contributed by atoms with Gasteiger partial charge in [0.2, 0.25) is 5.91 Å². The number of hydrogen-bond donors (Lipinski definition) is 2. The summed E-state index contributed by atoms with van der Waals surface area (Å²) in [6.07, 6.45) is 3.12. The monoisotopic (exact) mass is 320 g/mol. The van der Waals surface area contributed by atoms with Crippen molar-refractivity contribution in [3.63, 3.8) is 0 Å². The van der Waals surface area contributed by atoms with E-state index in [4.69, 9.17) is 28.9 Å². The minimum absolute atomic E-state index is 0.284. The number of carbonyl (C=O) groups is 1. The normalized spacial score (nSPS) is 10.8. The Balaban J connectivity index is 2.08. The van der Waals surface area contributed by atoms with Crippen LogP contribution in [0.1, 0.15) is 11.1 Å². The molecule has 0 bridgehead atoms. The Morgan fingerprint density at radius 3 is 2.48 bits per heavy atom. The fourth-order valence-electron chi connectivity index (χ4n) is 1.70. The van der Waals surface area contributed by atoms with Gasteiger partial charge in [-0.05, 0) is 48.4 Å². The number of nitrogens with two attached hydrogens (primary N) is 1. The zero-order chi connectivity index (χ0) is 15.4. The second-order valence-electron chi connectivity index (χ2n) is 4.57. The van der Waals surface area contributed by atoms with Crippen LogP contribution < -0.4 is 11.1 Å². The molecule has 108 valence electrons. The first-order chi connectivity index (χ1) is 9.95. The third-order valence-electron chi connectivity index (χ3n) is 2.87. The van der Waals surface area contributed by atoms with Gasteiger partial charge < -0.3 is 11.1 Å². The lowest BCUT2D eigenvalue weighted by atomic mass is 10.2. The zero-order valence-electron chi connectivity index (χ0n) is 11.4. The van der Waals surface area contributed by atoms with E-state index in [1.807, 2.05) is 19.1 Å². The molecular formula is C16H14Cl2N2O. The van der Waals surface area contributed by atoms with Crippen LogP contribution in [0.15, 0.2) is 42.5 Å². The third-order valence-corrected chi connectivity index (χ3v) is 3.59. The molecule has 0 aromatic heterocycles. The van der Waals surface area contributed by atoms with Crippen molar-refractivity contribution in [2.45, 2.75) is 6.92 Å². The van der Waals surface area contributed by atoms with Crippen molar-refractivity contribution in [2.24, 2.45) is 0 Å². The highest BCUT2D eigenvalue weighted by atomic mass is 35.5. The lowest BCUT2D eigenvalue weighted by molar-refractivity contribution is -0.111. The summed E-state index contributed by atoms with van der Waals surface area (Å²) in [5.74, 6) is -0.284. The van der Waals surface area contributed by atoms with Crippen LogP contribution in [-0.4, -0.2) is 5.91 Å². The summed E-state index contributed by atoms with van der Waals surface area (Å²) in [7, 11) is 0. The number of rotatable bonds is 3. The van der Waals surface area contributed by atoms with E-state index in [0.29, 0.717) is 21.4 Å². The Labute approximate surface area is 133 Å². The minimum Gasteiger partial charge on any atom is -0.399 e. The summed E-state index contributed by atoms with van der Waals surface area (Å²) in [5.41, 5.74) is 8.50.